The van der Waals surface area contributed by atoms with Crippen molar-refractivity contribution in [1.29, 1.82) is 0 Å². The van der Waals surface area contributed by atoms with Crippen molar-refractivity contribution in [3.63, 3.8) is 0 Å². The minimum absolute atomic E-state index is 0.512. The van der Waals surface area contributed by atoms with Crippen LogP contribution in [0.1, 0.15) is 42.4 Å². The average Bonchev–Trinajstić information content (AvgIpc) is 2.28. The standard InChI is InChI=1S/C14H23NO/c1-10(6-5-7-15)13-8-11(2)12(3)9-14(13)16-4/h8-10H,5-7,15H2,1-4H3. The molecule has 0 saturated carbocycles. The second kappa shape index (κ2) is 5.90. The summed E-state index contributed by atoms with van der Waals surface area (Å²) in [6.07, 6.45) is 2.19. The molecule has 1 unspecified atom stereocenters. The van der Waals surface area contributed by atoms with Crippen LogP contribution in [0.15, 0.2) is 12.1 Å². The fourth-order valence-corrected chi connectivity index (χ4v) is 1.95. The molecule has 2 heteroatoms. The number of rotatable bonds is 5. The number of aryl methyl sites for hydroxylation is 2. The molecule has 1 atom stereocenters. The van der Waals surface area contributed by atoms with Crippen molar-refractivity contribution >= 4 is 0 Å². The van der Waals surface area contributed by atoms with Gasteiger partial charge in [-0.15, -0.1) is 0 Å². The summed E-state index contributed by atoms with van der Waals surface area (Å²) in [7, 11) is 1.74. The normalized spacial score (nSPS) is 12.6. The van der Waals surface area contributed by atoms with Crippen molar-refractivity contribution < 1.29 is 4.74 Å². The van der Waals surface area contributed by atoms with Crippen LogP contribution in [-0.4, -0.2) is 13.7 Å². The highest BCUT2D eigenvalue weighted by atomic mass is 16.5. The second-order valence-corrected chi connectivity index (χ2v) is 4.51. The van der Waals surface area contributed by atoms with Crippen molar-refractivity contribution in [2.24, 2.45) is 5.73 Å². The van der Waals surface area contributed by atoms with E-state index >= 15 is 0 Å². The first-order valence-corrected chi connectivity index (χ1v) is 5.95. The smallest absolute Gasteiger partial charge is 0.122 e. The lowest BCUT2D eigenvalue weighted by atomic mass is 9.92. The highest BCUT2D eigenvalue weighted by Crippen LogP contribution is 2.31. The molecule has 0 aromatic heterocycles. The van der Waals surface area contributed by atoms with Crippen LogP contribution in [0.25, 0.3) is 0 Å². The summed E-state index contributed by atoms with van der Waals surface area (Å²) in [5.74, 6) is 1.52. The van der Waals surface area contributed by atoms with E-state index in [0.717, 1.165) is 25.1 Å². The van der Waals surface area contributed by atoms with Crippen LogP contribution in [0.4, 0.5) is 0 Å². The Labute approximate surface area is 98.8 Å². The topological polar surface area (TPSA) is 35.2 Å². The maximum absolute atomic E-state index is 5.55. The molecule has 0 radical (unpaired) electrons. The molecular weight excluding hydrogens is 198 g/mol. The monoisotopic (exact) mass is 221 g/mol. The summed E-state index contributed by atoms with van der Waals surface area (Å²) in [4.78, 5) is 0. The fourth-order valence-electron chi connectivity index (χ4n) is 1.95. The van der Waals surface area contributed by atoms with Crippen LogP contribution in [0.3, 0.4) is 0 Å². The van der Waals surface area contributed by atoms with Crippen LogP contribution >= 0.6 is 0 Å². The number of hydrogen-bond donors (Lipinski definition) is 1. The van der Waals surface area contributed by atoms with Crippen LogP contribution in [0, 0.1) is 13.8 Å². The molecule has 16 heavy (non-hydrogen) atoms. The van der Waals surface area contributed by atoms with E-state index in [1.807, 2.05) is 0 Å². The Morgan fingerprint density at radius 3 is 2.44 bits per heavy atom. The Morgan fingerprint density at radius 1 is 1.25 bits per heavy atom. The first-order chi connectivity index (χ1) is 7.60. The first-order valence-electron chi connectivity index (χ1n) is 5.95. The number of benzene rings is 1. The van der Waals surface area contributed by atoms with Gasteiger partial charge in [0.1, 0.15) is 5.75 Å². The lowest BCUT2D eigenvalue weighted by Gasteiger charge is -2.17. The molecule has 1 aromatic rings. The van der Waals surface area contributed by atoms with Gasteiger partial charge in [-0.3, -0.25) is 0 Å². The van der Waals surface area contributed by atoms with Crippen LogP contribution in [0.2, 0.25) is 0 Å². The van der Waals surface area contributed by atoms with Crippen molar-refractivity contribution in [2.75, 3.05) is 13.7 Å². The molecule has 0 saturated heterocycles. The summed E-state index contributed by atoms with van der Waals surface area (Å²) in [6, 6.07) is 4.37. The molecule has 90 valence electrons. The lowest BCUT2D eigenvalue weighted by Crippen LogP contribution is -2.04. The summed E-state index contributed by atoms with van der Waals surface area (Å²) in [5.41, 5.74) is 9.47. The van der Waals surface area contributed by atoms with E-state index in [9.17, 15) is 0 Å². The fraction of sp³-hybridized carbons (Fsp3) is 0.571. The minimum Gasteiger partial charge on any atom is -0.496 e. The number of nitrogens with two attached hydrogens (primary N) is 1. The van der Waals surface area contributed by atoms with Crippen LogP contribution < -0.4 is 10.5 Å². The largest absolute Gasteiger partial charge is 0.496 e. The Bertz CT molecular complexity index is 347. The van der Waals surface area contributed by atoms with Gasteiger partial charge in [-0.2, -0.15) is 0 Å². The van der Waals surface area contributed by atoms with E-state index in [1.165, 1.54) is 16.7 Å². The quantitative estimate of drug-likeness (QED) is 0.829. The van der Waals surface area contributed by atoms with Crippen LogP contribution in [-0.2, 0) is 0 Å². The molecule has 0 aliphatic heterocycles. The molecule has 0 heterocycles. The third-order valence-corrected chi connectivity index (χ3v) is 3.22. The highest BCUT2D eigenvalue weighted by Gasteiger charge is 2.12. The first kappa shape index (κ1) is 13.0. The molecule has 2 nitrogen and oxygen atoms in total. The molecule has 0 bridgehead atoms. The highest BCUT2D eigenvalue weighted by molar-refractivity contribution is 5.43. The van der Waals surface area contributed by atoms with Gasteiger partial charge in [-0.1, -0.05) is 13.0 Å². The summed E-state index contributed by atoms with van der Waals surface area (Å²) in [5, 5.41) is 0. The lowest BCUT2D eigenvalue weighted by molar-refractivity contribution is 0.404. The molecule has 0 spiro atoms. The third kappa shape index (κ3) is 2.99. The maximum Gasteiger partial charge on any atom is 0.122 e. The van der Waals surface area contributed by atoms with Gasteiger partial charge in [-0.25, -0.2) is 0 Å². The number of methoxy groups -OCH3 is 1. The summed E-state index contributed by atoms with van der Waals surface area (Å²) >= 11 is 0. The van der Waals surface area contributed by atoms with Crippen molar-refractivity contribution in [1.82, 2.24) is 0 Å². The zero-order chi connectivity index (χ0) is 12.1. The molecule has 2 N–H and O–H groups in total. The van der Waals surface area contributed by atoms with E-state index in [1.54, 1.807) is 7.11 Å². The van der Waals surface area contributed by atoms with Gasteiger partial charge >= 0.3 is 0 Å². The summed E-state index contributed by atoms with van der Waals surface area (Å²) in [6.45, 7) is 7.26. The summed E-state index contributed by atoms with van der Waals surface area (Å²) < 4.78 is 5.45. The third-order valence-electron chi connectivity index (χ3n) is 3.22. The number of ether oxygens (including phenoxy) is 1. The molecule has 0 fully saturated rings. The Balaban J connectivity index is 2.96. The van der Waals surface area contributed by atoms with E-state index in [2.05, 4.69) is 32.9 Å². The predicted octanol–water partition coefficient (Wildman–Crippen LogP) is 3.15. The van der Waals surface area contributed by atoms with E-state index in [4.69, 9.17) is 10.5 Å². The minimum atomic E-state index is 0.512. The van der Waals surface area contributed by atoms with Gasteiger partial charge in [0.2, 0.25) is 0 Å². The zero-order valence-electron chi connectivity index (χ0n) is 10.8. The molecule has 1 aromatic carbocycles. The predicted molar refractivity (Wildman–Crippen MR) is 69.2 cm³/mol. The molecule has 1 rings (SSSR count). The van der Waals surface area contributed by atoms with Gasteiger partial charge in [0.15, 0.2) is 0 Å². The van der Waals surface area contributed by atoms with E-state index in [0.29, 0.717) is 5.92 Å². The van der Waals surface area contributed by atoms with Gasteiger partial charge < -0.3 is 10.5 Å². The van der Waals surface area contributed by atoms with Crippen LogP contribution in [0.5, 0.6) is 5.75 Å². The van der Waals surface area contributed by atoms with Crippen molar-refractivity contribution in [3.05, 3.63) is 28.8 Å². The SMILES string of the molecule is COc1cc(C)c(C)cc1C(C)CCCN. The number of hydrogen-bond acceptors (Lipinski definition) is 2. The molecule has 0 aliphatic carbocycles. The second-order valence-electron chi connectivity index (χ2n) is 4.51. The molecular formula is C14H23NO. The van der Waals surface area contributed by atoms with Gasteiger partial charge in [0, 0.05) is 0 Å². The van der Waals surface area contributed by atoms with E-state index in [-0.39, 0.29) is 0 Å². The average molecular weight is 221 g/mol. The van der Waals surface area contributed by atoms with Gasteiger partial charge in [-0.05, 0) is 61.9 Å². The van der Waals surface area contributed by atoms with Gasteiger partial charge in [0.25, 0.3) is 0 Å². The zero-order valence-corrected chi connectivity index (χ0v) is 10.8. The Morgan fingerprint density at radius 2 is 1.88 bits per heavy atom. The Hall–Kier alpha value is -1.02. The molecule has 0 amide bonds. The maximum atomic E-state index is 5.55. The van der Waals surface area contributed by atoms with Crippen molar-refractivity contribution in [3.8, 4) is 5.75 Å². The van der Waals surface area contributed by atoms with Crippen molar-refractivity contribution in [2.45, 2.75) is 39.5 Å². The van der Waals surface area contributed by atoms with Gasteiger partial charge in [0.05, 0.1) is 7.11 Å². The molecule has 0 aliphatic rings. The van der Waals surface area contributed by atoms with E-state index < -0.39 is 0 Å². The Kier molecular flexibility index (Phi) is 4.81.